The molecule has 3 N–H and O–H groups in total. The highest BCUT2D eigenvalue weighted by atomic mass is 16.2. The highest BCUT2D eigenvalue weighted by molar-refractivity contribution is 6.05. The third kappa shape index (κ3) is 3.85. The van der Waals surface area contributed by atoms with E-state index in [0.717, 1.165) is 23.6 Å². The molecule has 6 heteroatoms. The summed E-state index contributed by atoms with van der Waals surface area (Å²) < 4.78 is 0. The molecule has 2 atom stereocenters. The summed E-state index contributed by atoms with van der Waals surface area (Å²) in [5.74, 6) is 0.189. The zero-order valence-corrected chi connectivity index (χ0v) is 15.3. The Balaban J connectivity index is 1.62. The number of benzene rings is 1. The standard InChI is InChI=1S/C20H26N4O2/c1-13(21)20(26)24-11-8-15(9-12-24)14(2)23-19(25)18-17-6-4-3-5-16(17)7-10-22-18/h3-7,10,13-15H,8-9,11-12,21H2,1-2H3,(H,23,25)/t13-,14?/m0/s1. The van der Waals surface area contributed by atoms with Gasteiger partial charge in [-0.25, -0.2) is 0 Å². The van der Waals surface area contributed by atoms with E-state index in [1.54, 1.807) is 13.1 Å². The first-order chi connectivity index (χ1) is 12.5. The van der Waals surface area contributed by atoms with Gasteiger partial charge in [-0.05, 0) is 44.1 Å². The van der Waals surface area contributed by atoms with Crippen LogP contribution in [0.5, 0.6) is 0 Å². The Labute approximate surface area is 153 Å². The lowest BCUT2D eigenvalue weighted by atomic mass is 9.90. The van der Waals surface area contributed by atoms with Gasteiger partial charge in [0.15, 0.2) is 0 Å². The maximum Gasteiger partial charge on any atom is 0.270 e. The fraction of sp³-hybridized carbons (Fsp3) is 0.450. The molecule has 1 aliphatic rings. The van der Waals surface area contributed by atoms with E-state index in [9.17, 15) is 9.59 Å². The normalized spacial score (nSPS) is 17.7. The van der Waals surface area contributed by atoms with Crippen LogP contribution < -0.4 is 11.1 Å². The number of pyridine rings is 1. The first kappa shape index (κ1) is 18.3. The van der Waals surface area contributed by atoms with Gasteiger partial charge in [-0.1, -0.05) is 24.3 Å². The molecular formula is C20H26N4O2. The van der Waals surface area contributed by atoms with E-state index in [2.05, 4.69) is 10.3 Å². The van der Waals surface area contributed by atoms with Gasteiger partial charge in [0.2, 0.25) is 5.91 Å². The zero-order valence-electron chi connectivity index (χ0n) is 15.3. The lowest BCUT2D eigenvalue weighted by molar-refractivity contribution is -0.133. The van der Waals surface area contributed by atoms with Crippen LogP contribution >= 0.6 is 0 Å². The fourth-order valence-electron chi connectivity index (χ4n) is 3.60. The van der Waals surface area contributed by atoms with Gasteiger partial charge in [0, 0.05) is 30.7 Å². The number of piperidine rings is 1. The number of rotatable bonds is 4. The average molecular weight is 354 g/mol. The number of amides is 2. The summed E-state index contributed by atoms with van der Waals surface area (Å²) in [7, 11) is 0. The minimum atomic E-state index is -0.457. The van der Waals surface area contributed by atoms with E-state index in [0.29, 0.717) is 24.7 Å². The number of likely N-dealkylation sites (tertiary alicyclic amines) is 1. The number of nitrogens with one attached hydrogen (secondary N) is 1. The van der Waals surface area contributed by atoms with E-state index in [1.165, 1.54) is 0 Å². The van der Waals surface area contributed by atoms with E-state index >= 15 is 0 Å². The number of carbonyl (C=O) groups excluding carboxylic acids is 2. The van der Waals surface area contributed by atoms with Crippen molar-refractivity contribution in [2.75, 3.05) is 13.1 Å². The van der Waals surface area contributed by atoms with E-state index in [4.69, 9.17) is 5.73 Å². The zero-order chi connectivity index (χ0) is 18.7. The fourth-order valence-corrected chi connectivity index (χ4v) is 3.60. The van der Waals surface area contributed by atoms with E-state index < -0.39 is 6.04 Å². The molecule has 1 aromatic carbocycles. The first-order valence-corrected chi connectivity index (χ1v) is 9.16. The third-order valence-corrected chi connectivity index (χ3v) is 5.20. The molecule has 0 spiro atoms. The van der Waals surface area contributed by atoms with Crippen molar-refractivity contribution >= 4 is 22.6 Å². The Kier molecular flexibility index (Phi) is 5.52. The molecule has 3 rings (SSSR count). The van der Waals surface area contributed by atoms with Crippen molar-refractivity contribution in [3.63, 3.8) is 0 Å². The molecule has 1 aliphatic heterocycles. The monoisotopic (exact) mass is 354 g/mol. The van der Waals surface area contributed by atoms with E-state index in [1.807, 2.05) is 42.2 Å². The molecule has 1 saturated heterocycles. The quantitative estimate of drug-likeness (QED) is 0.878. The molecule has 2 heterocycles. The van der Waals surface area contributed by atoms with Gasteiger partial charge in [-0.3, -0.25) is 14.6 Å². The predicted octanol–water partition coefficient (Wildman–Crippen LogP) is 1.94. The van der Waals surface area contributed by atoms with Crippen molar-refractivity contribution in [3.8, 4) is 0 Å². The van der Waals surface area contributed by atoms with Gasteiger partial charge >= 0.3 is 0 Å². The van der Waals surface area contributed by atoms with Crippen molar-refractivity contribution < 1.29 is 9.59 Å². The Morgan fingerprint density at radius 3 is 2.58 bits per heavy atom. The summed E-state index contributed by atoms with van der Waals surface area (Å²) in [5, 5.41) is 4.96. The Morgan fingerprint density at radius 1 is 1.19 bits per heavy atom. The minimum absolute atomic E-state index is 0.0000870. The van der Waals surface area contributed by atoms with Crippen molar-refractivity contribution in [3.05, 3.63) is 42.2 Å². The Morgan fingerprint density at radius 2 is 1.88 bits per heavy atom. The summed E-state index contributed by atoms with van der Waals surface area (Å²) >= 11 is 0. The molecule has 138 valence electrons. The number of carbonyl (C=O) groups is 2. The van der Waals surface area contributed by atoms with Gasteiger partial charge in [0.1, 0.15) is 5.69 Å². The van der Waals surface area contributed by atoms with Crippen LogP contribution in [-0.4, -0.2) is 46.9 Å². The summed E-state index contributed by atoms with van der Waals surface area (Å²) in [4.78, 5) is 30.8. The van der Waals surface area contributed by atoms with Crippen LogP contribution in [0.3, 0.4) is 0 Å². The van der Waals surface area contributed by atoms with Crippen LogP contribution in [0, 0.1) is 5.92 Å². The molecule has 2 amide bonds. The van der Waals surface area contributed by atoms with Crippen LogP contribution in [0.15, 0.2) is 36.5 Å². The van der Waals surface area contributed by atoms with Crippen LogP contribution in [0.4, 0.5) is 0 Å². The number of hydrogen-bond acceptors (Lipinski definition) is 4. The summed E-state index contributed by atoms with van der Waals surface area (Å²) in [6.07, 6.45) is 3.39. The largest absolute Gasteiger partial charge is 0.348 e. The molecule has 1 unspecified atom stereocenters. The number of fused-ring (bicyclic) bond motifs is 1. The van der Waals surface area contributed by atoms with Gasteiger partial charge < -0.3 is 16.0 Å². The van der Waals surface area contributed by atoms with Gasteiger partial charge in [-0.15, -0.1) is 0 Å². The smallest absolute Gasteiger partial charge is 0.270 e. The molecular weight excluding hydrogens is 328 g/mol. The van der Waals surface area contributed by atoms with Crippen molar-refractivity contribution in [1.29, 1.82) is 0 Å². The Bertz CT molecular complexity index is 792. The lowest BCUT2D eigenvalue weighted by Gasteiger charge is -2.35. The lowest BCUT2D eigenvalue weighted by Crippen LogP contribution is -2.49. The molecule has 0 saturated carbocycles. The highest BCUT2D eigenvalue weighted by Crippen LogP contribution is 2.22. The number of hydrogen-bond donors (Lipinski definition) is 2. The number of nitrogens with zero attached hydrogens (tertiary/aromatic N) is 2. The van der Waals surface area contributed by atoms with Crippen LogP contribution in [-0.2, 0) is 4.79 Å². The molecule has 6 nitrogen and oxygen atoms in total. The van der Waals surface area contributed by atoms with Crippen molar-refractivity contribution in [2.24, 2.45) is 11.7 Å². The molecule has 0 radical (unpaired) electrons. The number of aromatic nitrogens is 1. The maximum atomic E-state index is 12.7. The van der Waals surface area contributed by atoms with Crippen LogP contribution in [0.2, 0.25) is 0 Å². The second-order valence-corrected chi connectivity index (χ2v) is 7.09. The molecule has 26 heavy (non-hydrogen) atoms. The molecule has 0 bridgehead atoms. The molecule has 0 aliphatic carbocycles. The summed E-state index contributed by atoms with van der Waals surface area (Å²) in [6.45, 7) is 5.13. The van der Waals surface area contributed by atoms with E-state index in [-0.39, 0.29) is 17.9 Å². The first-order valence-electron chi connectivity index (χ1n) is 9.16. The summed E-state index contributed by atoms with van der Waals surface area (Å²) in [6, 6.07) is 9.22. The molecule has 2 aromatic rings. The summed E-state index contributed by atoms with van der Waals surface area (Å²) in [5.41, 5.74) is 6.14. The van der Waals surface area contributed by atoms with Crippen molar-refractivity contribution in [2.45, 2.75) is 38.8 Å². The van der Waals surface area contributed by atoms with Crippen LogP contribution in [0.1, 0.15) is 37.2 Å². The average Bonchev–Trinajstić information content (AvgIpc) is 2.66. The Hall–Kier alpha value is -2.47. The maximum absolute atomic E-state index is 12.7. The SMILES string of the molecule is CC(NC(=O)c1nccc2ccccc12)C1CCN(C(=O)[C@H](C)N)CC1. The minimum Gasteiger partial charge on any atom is -0.348 e. The van der Waals surface area contributed by atoms with Gasteiger partial charge in [-0.2, -0.15) is 0 Å². The second-order valence-electron chi connectivity index (χ2n) is 7.09. The molecule has 1 fully saturated rings. The van der Waals surface area contributed by atoms with Gasteiger partial charge in [0.05, 0.1) is 6.04 Å². The predicted molar refractivity (Wildman–Crippen MR) is 102 cm³/mol. The highest BCUT2D eigenvalue weighted by Gasteiger charge is 2.28. The number of nitrogens with two attached hydrogens (primary N) is 1. The van der Waals surface area contributed by atoms with Crippen LogP contribution in [0.25, 0.3) is 10.8 Å². The topological polar surface area (TPSA) is 88.3 Å². The van der Waals surface area contributed by atoms with Gasteiger partial charge in [0.25, 0.3) is 5.91 Å². The third-order valence-electron chi connectivity index (χ3n) is 5.20. The van der Waals surface area contributed by atoms with Crippen molar-refractivity contribution in [1.82, 2.24) is 15.2 Å². The molecule has 1 aromatic heterocycles. The second kappa shape index (κ2) is 7.83.